The number of hydrogen-bond acceptors (Lipinski definition) is 3. The molecule has 112 valence electrons. The predicted octanol–water partition coefficient (Wildman–Crippen LogP) is 2.02. The first-order valence-corrected chi connectivity index (χ1v) is 9.47. The van der Waals surface area contributed by atoms with Crippen LogP contribution in [0.15, 0.2) is 0 Å². The van der Waals surface area contributed by atoms with Gasteiger partial charge in [-0.1, -0.05) is 19.8 Å². The minimum absolute atomic E-state index is 0.180. The highest BCUT2D eigenvalue weighted by molar-refractivity contribution is 7.89. The van der Waals surface area contributed by atoms with E-state index in [9.17, 15) is 8.42 Å². The van der Waals surface area contributed by atoms with E-state index in [1.165, 1.54) is 38.5 Å². The van der Waals surface area contributed by atoms with Crippen LogP contribution in [0.5, 0.6) is 0 Å². The Balaban J connectivity index is 1.65. The second-order valence-electron chi connectivity index (χ2n) is 6.17. The molecule has 5 heteroatoms. The molecule has 0 bridgehead atoms. The highest BCUT2D eigenvalue weighted by Crippen LogP contribution is 2.28. The van der Waals surface area contributed by atoms with Gasteiger partial charge in [-0.25, -0.2) is 13.1 Å². The molecule has 2 N–H and O–H groups in total. The van der Waals surface area contributed by atoms with Crippen LogP contribution in [0.4, 0.5) is 0 Å². The zero-order chi connectivity index (χ0) is 13.7. The first-order valence-electron chi connectivity index (χ1n) is 7.82. The van der Waals surface area contributed by atoms with Crippen molar-refractivity contribution in [3.63, 3.8) is 0 Å². The summed E-state index contributed by atoms with van der Waals surface area (Å²) in [7, 11) is -3.09. The molecule has 2 aliphatic carbocycles. The van der Waals surface area contributed by atoms with Crippen molar-refractivity contribution in [3.8, 4) is 0 Å². The van der Waals surface area contributed by atoms with Crippen LogP contribution in [0.1, 0.15) is 58.3 Å². The van der Waals surface area contributed by atoms with Gasteiger partial charge >= 0.3 is 0 Å². The van der Waals surface area contributed by atoms with Gasteiger partial charge in [-0.3, -0.25) is 0 Å². The fraction of sp³-hybridized carbons (Fsp3) is 1.00. The van der Waals surface area contributed by atoms with Crippen LogP contribution in [0, 0.1) is 5.92 Å². The van der Waals surface area contributed by atoms with Gasteiger partial charge in [0.25, 0.3) is 0 Å². The molecule has 19 heavy (non-hydrogen) atoms. The van der Waals surface area contributed by atoms with Gasteiger partial charge in [0.15, 0.2) is 0 Å². The Morgan fingerprint density at radius 3 is 2.21 bits per heavy atom. The highest BCUT2D eigenvalue weighted by atomic mass is 32.2. The molecule has 0 aromatic heterocycles. The maximum Gasteiger partial charge on any atom is 0.213 e. The Bertz CT molecular complexity index is 358. The molecule has 0 heterocycles. The van der Waals surface area contributed by atoms with Crippen molar-refractivity contribution in [2.24, 2.45) is 5.92 Å². The SMILES string of the molecule is CCCC1CCC(NS(=O)(=O)CCNC2CC2)CC1. The van der Waals surface area contributed by atoms with Gasteiger partial charge in [0.2, 0.25) is 10.0 Å². The van der Waals surface area contributed by atoms with E-state index in [0.29, 0.717) is 12.6 Å². The van der Waals surface area contributed by atoms with Gasteiger partial charge in [-0.2, -0.15) is 0 Å². The molecular weight excluding hydrogens is 260 g/mol. The lowest BCUT2D eigenvalue weighted by Crippen LogP contribution is -2.40. The summed E-state index contributed by atoms with van der Waals surface area (Å²) in [6.45, 7) is 2.81. The van der Waals surface area contributed by atoms with Crippen molar-refractivity contribution >= 4 is 10.0 Å². The van der Waals surface area contributed by atoms with Crippen LogP contribution < -0.4 is 10.0 Å². The number of sulfonamides is 1. The summed E-state index contributed by atoms with van der Waals surface area (Å²) < 4.78 is 26.8. The van der Waals surface area contributed by atoms with E-state index in [4.69, 9.17) is 0 Å². The molecule has 0 saturated heterocycles. The second-order valence-corrected chi connectivity index (χ2v) is 8.04. The van der Waals surface area contributed by atoms with Crippen molar-refractivity contribution in [3.05, 3.63) is 0 Å². The highest BCUT2D eigenvalue weighted by Gasteiger charge is 2.25. The minimum Gasteiger partial charge on any atom is -0.313 e. The molecule has 0 aromatic carbocycles. The Morgan fingerprint density at radius 1 is 1.00 bits per heavy atom. The maximum absolute atomic E-state index is 12.0. The number of rotatable bonds is 8. The van der Waals surface area contributed by atoms with Gasteiger partial charge in [0, 0.05) is 18.6 Å². The average molecular weight is 288 g/mol. The average Bonchev–Trinajstić information content (AvgIpc) is 3.15. The molecule has 2 fully saturated rings. The Labute approximate surface area is 117 Å². The topological polar surface area (TPSA) is 58.2 Å². The molecule has 0 unspecified atom stereocenters. The van der Waals surface area contributed by atoms with E-state index < -0.39 is 10.0 Å². The Kier molecular flexibility index (Phi) is 5.66. The van der Waals surface area contributed by atoms with Gasteiger partial charge in [-0.05, 0) is 44.4 Å². The fourth-order valence-corrected chi connectivity index (χ4v) is 4.22. The summed E-state index contributed by atoms with van der Waals surface area (Å²) in [6.07, 6.45) is 9.34. The molecule has 0 amide bonds. The third-order valence-electron chi connectivity index (χ3n) is 4.27. The third-order valence-corrected chi connectivity index (χ3v) is 5.71. The minimum atomic E-state index is -3.09. The molecule has 0 aromatic rings. The summed E-state index contributed by atoms with van der Waals surface area (Å²) in [5.74, 6) is 1.04. The molecular formula is C14H28N2O2S. The Hall–Kier alpha value is -0.130. The van der Waals surface area contributed by atoms with E-state index in [1.54, 1.807) is 0 Å². The van der Waals surface area contributed by atoms with Crippen molar-refractivity contribution in [2.45, 2.75) is 70.4 Å². The zero-order valence-corrected chi connectivity index (χ0v) is 12.8. The fourth-order valence-electron chi connectivity index (χ4n) is 2.97. The summed E-state index contributed by atoms with van der Waals surface area (Å²) >= 11 is 0. The van der Waals surface area contributed by atoms with E-state index in [2.05, 4.69) is 17.0 Å². The normalized spacial score (nSPS) is 28.5. The molecule has 0 radical (unpaired) electrons. The molecule has 0 spiro atoms. The van der Waals surface area contributed by atoms with Gasteiger partial charge in [0.05, 0.1) is 5.75 Å². The standard InChI is InChI=1S/C14H28N2O2S/c1-2-3-12-4-6-14(7-5-12)16-19(17,18)11-10-15-13-8-9-13/h12-16H,2-11H2,1H3. The lowest BCUT2D eigenvalue weighted by Gasteiger charge is -2.28. The predicted molar refractivity (Wildman–Crippen MR) is 78.6 cm³/mol. The van der Waals surface area contributed by atoms with Crippen LogP contribution in [0.2, 0.25) is 0 Å². The van der Waals surface area contributed by atoms with Gasteiger partial charge < -0.3 is 5.32 Å². The molecule has 0 atom stereocenters. The molecule has 2 rings (SSSR count). The molecule has 4 nitrogen and oxygen atoms in total. The Morgan fingerprint density at radius 2 is 1.63 bits per heavy atom. The van der Waals surface area contributed by atoms with Crippen LogP contribution in [-0.4, -0.2) is 32.8 Å². The lowest BCUT2D eigenvalue weighted by atomic mass is 9.84. The first-order chi connectivity index (χ1) is 9.09. The smallest absolute Gasteiger partial charge is 0.213 e. The summed E-state index contributed by atoms with van der Waals surface area (Å²) in [4.78, 5) is 0. The quantitative estimate of drug-likeness (QED) is 0.718. The largest absolute Gasteiger partial charge is 0.313 e. The summed E-state index contributed by atoms with van der Waals surface area (Å²) in [5, 5.41) is 3.25. The second kappa shape index (κ2) is 7.04. The van der Waals surface area contributed by atoms with E-state index in [0.717, 1.165) is 18.8 Å². The molecule has 2 saturated carbocycles. The van der Waals surface area contributed by atoms with E-state index in [-0.39, 0.29) is 11.8 Å². The monoisotopic (exact) mass is 288 g/mol. The summed E-state index contributed by atoms with van der Waals surface area (Å²) in [6, 6.07) is 0.763. The first kappa shape index (κ1) is 15.3. The third kappa shape index (κ3) is 5.79. The number of hydrogen-bond donors (Lipinski definition) is 2. The molecule has 0 aliphatic heterocycles. The van der Waals surface area contributed by atoms with Gasteiger partial charge in [0.1, 0.15) is 0 Å². The van der Waals surface area contributed by atoms with Crippen molar-refractivity contribution < 1.29 is 8.42 Å². The van der Waals surface area contributed by atoms with E-state index >= 15 is 0 Å². The number of nitrogens with one attached hydrogen (secondary N) is 2. The van der Waals surface area contributed by atoms with E-state index in [1.807, 2.05) is 0 Å². The van der Waals surface area contributed by atoms with Crippen molar-refractivity contribution in [1.29, 1.82) is 0 Å². The maximum atomic E-state index is 12.0. The van der Waals surface area contributed by atoms with Crippen LogP contribution in [-0.2, 0) is 10.0 Å². The zero-order valence-electron chi connectivity index (χ0n) is 12.0. The van der Waals surface area contributed by atoms with Crippen molar-refractivity contribution in [1.82, 2.24) is 10.0 Å². The lowest BCUT2D eigenvalue weighted by molar-refractivity contribution is 0.297. The van der Waals surface area contributed by atoms with Crippen LogP contribution in [0.25, 0.3) is 0 Å². The molecule has 2 aliphatic rings. The van der Waals surface area contributed by atoms with Crippen molar-refractivity contribution in [2.75, 3.05) is 12.3 Å². The van der Waals surface area contributed by atoms with Crippen LogP contribution in [0.3, 0.4) is 0 Å². The van der Waals surface area contributed by atoms with Crippen LogP contribution >= 0.6 is 0 Å². The summed E-state index contributed by atoms with van der Waals surface area (Å²) in [5.41, 5.74) is 0. The van der Waals surface area contributed by atoms with Gasteiger partial charge in [-0.15, -0.1) is 0 Å².